The van der Waals surface area contributed by atoms with Crippen molar-refractivity contribution >= 4 is 27.4 Å². The molecule has 3 aromatic carbocycles. The van der Waals surface area contributed by atoms with Gasteiger partial charge in [0.2, 0.25) is 16.0 Å². The SMILES string of the molecule is O=C(CCc1cc(-c2ccc(C(F)(F)F)cc2)nc(N2CCN(c3ccccc3F)CC2)n1)[C@@H]1CCCN1S(=O)(=O)c1ccc(F)cc1. The van der Waals surface area contributed by atoms with Gasteiger partial charge in [0, 0.05) is 50.4 Å². The van der Waals surface area contributed by atoms with E-state index in [1.165, 1.54) is 30.3 Å². The highest BCUT2D eigenvalue weighted by molar-refractivity contribution is 7.89. The molecule has 4 aromatic rings. The molecule has 1 atom stereocenters. The predicted octanol–water partition coefficient (Wildman–Crippen LogP) is 6.12. The molecule has 6 rings (SSSR count). The molecular weight excluding hydrogens is 653 g/mol. The first kappa shape index (κ1) is 33.5. The number of halogens is 5. The Morgan fingerprint density at radius 1 is 0.833 bits per heavy atom. The molecule has 14 heteroatoms. The van der Waals surface area contributed by atoms with E-state index in [-0.39, 0.29) is 35.9 Å². The Balaban J connectivity index is 1.22. The molecule has 8 nitrogen and oxygen atoms in total. The Labute approximate surface area is 274 Å². The molecule has 0 bridgehead atoms. The lowest BCUT2D eigenvalue weighted by atomic mass is 10.0. The molecule has 2 fully saturated rings. The number of nitrogens with zero attached hydrogens (tertiary/aromatic N) is 5. The maximum Gasteiger partial charge on any atom is 0.416 e. The Morgan fingerprint density at radius 2 is 1.50 bits per heavy atom. The summed E-state index contributed by atoms with van der Waals surface area (Å²) in [7, 11) is -4.03. The van der Waals surface area contributed by atoms with Gasteiger partial charge < -0.3 is 9.80 Å². The van der Waals surface area contributed by atoms with E-state index in [1.54, 1.807) is 24.3 Å². The van der Waals surface area contributed by atoms with E-state index < -0.39 is 33.6 Å². The molecule has 3 heterocycles. The van der Waals surface area contributed by atoms with Crippen LogP contribution in [0, 0.1) is 11.6 Å². The van der Waals surface area contributed by atoms with Crippen LogP contribution in [0.1, 0.15) is 30.5 Å². The minimum absolute atomic E-state index is 0.0376. The van der Waals surface area contributed by atoms with Gasteiger partial charge in [0.15, 0.2) is 5.78 Å². The third-order valence-electron chi connectivity index (χ3n) is 8.65. The topological polar surface area (TPSA) is 86.7 Å². The van der Waals surface area contributed by atoms with Crippen molar-refractivity contribution in [3.8, 4) is 11.3 Å². The number of hydrogen-bond acceptors (Lipinski definition) is 7. The van der Waals surface area contributed by atoms with Crippen LogP contribution < -0.4 is 9.80 Å². The van der Waals surface area contributed by atoms with E-state index in [0.717, 1.165) is 28.6 Å². The van der Waals surface area contributed by atoms with Crippen molar-refractivity contribution in [3.05, 3.63) is 102 Å². The van der Waals surface area contributed by atoms with Gasteiger partial charge in [-0.15, -0.1) is 0 Å². The van der Waals surface area contributed by atoms with Crippen molar-refractivity contribution in [2.45, 2.75) is 42.8 Å². The van der Waals surface area contributed by atoms with Crippen LogP contribution in [0.4, 0.5) is 33.6 Å². The summed E-state index contributed by atoms with van der Waals surface area (Å²) in [6, 6.07) is 16.3. The third kappa shape index (κ3) is 7.19. The van der Waals surface area contributed by atoms with Crippen molar-refractivity contribution in [2.24, 2.45) is 0 Å². The van der Waals surface area contributed by atoms with Gasteiger partial charge in [-0.05, 0) is 73.9 Å². The van der Waals surface area contributed by atoms with Crippen molar-refractivity contribution in [2.75, 3.05) is 42.5 Å². The number of piperazine rings is 1. The van der Waals surface area contributed by atoms with Gasteiger partial charge in [0.25, 0.3) is 0 Å². The lowest BCUT2D eigenvalue weighted by Gasteiger charge is -2.36. The zero-order valence-corrected chi connectivity index (χ0v) is 26.5. The van der Waals surface area contributed by atoms with E-state index >= 15 is 0 Å². The Morgan fingerprint density at radius 3 is 2.17 bits per heavy atom. The van der Waals surface area contributed by atoms with E-state index in [2.05, 4.69) is 4.98 Å². The van der Waals surface area contributed by atoms with Gasteiger partial charge >= 0.3 is 6.18 Å². The van der Waals surface area contributed by atoms with Crippen molar-refractivity contribution in [3.63, 3.8) is 0 Å². The summed E-state index contributed by atoms with van der Waals surface area (Å²) < 4.78 is 95.3. The summed E-state index contributed by atoms with van der Waals surface area (Å²) in [6.07, 6.45) is -3.57. The summed E-state index contributed by atoms with van der Waals surface area (Å²) in [5.74, 6) is -0.878. The van der Waals surface area contributed by atoms with Crippen LogP contribution in [0.25, 0.3) is 11.3 Å². The number of carbonyl (C=O) groups is 1. The number of sulfonamides is 1. The molecule has 2 aliphatic rings. The first-order valence-corrected chi connectivity index (χ1v) is 16.9. The van der Waals surface area contributed by atoms with E-state index in [9.17, 15) is 35.2 Å². The average Bonchev–Trinajstić information content (AvgIpc) is 3.59. The molecule has 0 radical (unpaired) electrons. The highest BCUT2D eigenvalue weighted by atomic mass is 32.2. The van der Waals surface area contributed by atoms with Gasteiger partial charge in [-0.1, -0.05) is 24.3 Å². The number of alkyl halides is 3. The number of carbonyl (C=O) groups excluding carboxylic acids is 1. The molecule has 0 amide bonds. The summed E-state index contributed by atoms with van der Waals surface area (Å²) in [5, 5.41) is 0. The number of ketones is 1. The molecule has 2 saturated heterocycles. The monoisotopic (exact) mass is 685 g/mol. The summed E-state index contributed by atoms with van der Waals surface area (Å²) >= 11 is 0. The molecular formula is C34H32F5N5O3S. The quantitative estimate of drug-likeness (QED) is 0.196. The number of hydrogen-bond donors (Lipinski definition) is 0. The normalized spacial score (nSPS) is 17.6. The summed E-state index contributed by atoms with van der Waals surface area (Å²) in [6.45, 7) is 2.00. The second kappa shape index (κ2) is 13.6. The molecule has 252 valence electrons. The smallest absolute Gasteiger partial charge is 0.366 e. The van der Waals surface area contributed by atoms with Gasteiger partial charge in [-0.2, -0.15) is 17.5 Å². The minimum atomic E-state index is -4.50. The van der Waals surface area contributed by atoms with Crippen molar-refractivity contribution in [1.29, 1.82) is 0 Å². The van der Waals surface area contributed by atoms with Crippen molar-refractivity contribution < 1.29 is 35.2 Å². The molecule has 48 heavy (non-hydrogen) atoms. The highest BCUT2D eigenvalue weighted by Crippen LogP contribution is 2.32. The number of Topliss-reactive ketones (excluding diaryl/α,β-unsaturated/α-hetero) is 1. The van der Waals surface area contributed by atoms with Gasteiger partial charge in [0.1, 0.15) is 11.6 Å². The van der Waals surface area contributed by atoms with E-state index in [1.807, 2.05) is 9.80 Å². The number of rotatable bonds is 9. The number of anilines is 2. The first-order chi connectivity index (χ1) is 22.9. The summed E-state index contributed by atoms with van der Waals surface area (Å²) in [5.41, 5.74) is 0.946. The van der Waals surface area contributed by atoms with Gasteiger partial charge in [0.05, 0.1) is 27.9 Å². The number of benzene rings is 3. The molecule has 0 unspecified atom stereocenters. The van der Waals surface area contributed by atoms with Crippen molar-refractivity contribution in [1.82, 2.24) is 14.3 Å². The van der Waals surface area contributed by atoms with Gasteiger partial charge in [-0.3, -0.25) is 4.79 Å². The number of aromatic nitrogens is 2. The van der Waals surface area contributed by atoms with E-state index in [4.69, 9.17) is 4.98 Å². The molecule has 0 spiro atoms. The van der Waals surface area contributed by atoms with Crippen LogP contribution in [0.15, 0.2) is 83.8 Å². The van der Waals surface area contributed by atoms with Crippen LogP contribution in [0.2, 0.25) is 0 Å². The Kier molecular flexibility index (Phi) is 9.48. The summed E-state index contributed by atoms with van der Waals surface area (Å²) in [4.78, 5) is 26.6. The van der Waals surface area contributed by atoms with Crippen LogP contribution in [-0.2, 0) is 27.4 Å². The fraction of sp³-hybridized carbons (Fsp3) is 0.324. The van der Waals surface area contributed by atoms with Gasteiger partial charge in [-0.25, -0.2) is 27.2 Å². The molecule has 0 saturated carbocycles. The second-order valence-electron chi connectivity index (χ2n) is 11.7. The lowest BCUT2D eigenvalue weighted by Crippen LogP contribution is -2.47. The Hall–Kier alpha value is -4.43. The lowest BCUT2D eigenvalue weighted by molar-refractivity contribution is -0.137. The molecule has 1 aromatic heterocycles. The van der Waals surface area contributed by atoms with Crippen LogP contribution in [0.3, 0.4) is 0 Å². The Bertz CT molecular complexity index is 1880. The zero-order chi connectivity index (χ0) is 34.1. The van der Waals surface area contributed by atoms with Crippen LogP contribution in [0.5, 0.6) is 0 Å². The highest BCUT2D eigenvalue weighted by Gasteiger charge is 2.39. The molecule has 2 aliphatic heterocycles. The second-order valence-corrected chi connectivity index (χ2v) is 13.6. The zero-order valence-electron chi connectivity index (χ0n) is 25.7. The first-order valence-electron chi connectivity index (χ1n) is 15.5. The third-order valence-corrected chi connectivity index (χ3v) is 10.6. The number of aryl methyl sites for hydroxylation is 1. The van der Waals surface area contributed by atoms with Crippen LogP contribution in [-0.4, -0.2) is 67.2 Å². The minimum Gasteiger partial charge on any atom is -0.366 e. The van der Waals surface area contributed by atoms with E-state index in [0.29, 0.717) is 67.6 Å². The standard InChI is InChI=1S/C34H32F5N5O3S/c35-25-11-14-27(15-12-25)48(46,47)44-17-3-6-31(44)32(45)16-13-26-22-29(23-7-9-24(10-8-23)34(37,38)39)41-33(40-26)43-20-18-42(19-21-43)30-5-2-1-4-28(30)36/h1-2,4-5,7-12,14-15,22,31H,3,6,13,16-21H2/t31-/m0/s1. The maximum atomic E-state index is 14.4. The average molecular weight is 686 g/mol. The fourth-order valence-corrected chi connectivity index (χ4v) is 7.77. The number of para-hydroxylation sites is 1. The molecule has 0 aliphatic carbocycles. The largest absolute Gasteiger partial charge is 0.416 e. The van der Waals surface area contributed by atoms with Crippen LogP contribution >= 0.6 is 0 Å². The predicted molar refractivity (Wildman–Crippen MR) is 170 cm³/mol. The maximum absolute atomic E-state index is 14.4. The fourth-order valence-electron chi connectivity index (χ4n) is 6.10. The molecule has 0 N–H and O–H groups in total.